The van der Waals surface area contributed by atoms with Gasteiger partial charge in [-0.15, -0.1) is 0 Å². The number of nitrogens with one attached hydrogen (secondary N) is 1. The van der Waals surface area contributed by atoms with Crippen molar-refractivity contribution in [3.05, 3.63) is 30.0 Å². The van der Waals surface area contributed by atoms with Gasteiger partial charge in [0.05, 0.1) is 20.2 Å². The van der Waals surface area contributed by atoms with Crippen LogP contribution in [0.2, 0.25) is 0 Å². The molecule has 0 aliphatic rings. The molecule has 0 spiro atoms. The van der Waals surface area contributed by atoms with Crippen molar-refractivity contribution >= 4 is 11.0 Å². The Labute approximate surface area is 102 Å². The highest BCUT2D eigenvalue weighted by atomic mass is 19.4. The van der Waals surface area contributed by atoms with E-state index in [2.05, 4.69) is 5.32 Å². The lowest BCUT2D eigenvalue weighted by Crippen LogP contribution is -2.28. The Bertz CT molecular complexity index is 534. The SMILES string of the molecule is COc1cccc2cc(CNCC(F)(F)F)oc12. The summed E-state index contributed by atoms with van der Waals surface area (Å²) in [6, 6.07) is 7.04. The van der Waals surface area contributed by atoms with Crippen molar-refractivity contribution < 1.29 is 22.3 Å². The summed E-state index contributed by atoms with van der Waals surface area (Å²) in [5, 5.41) is 3.08. The molecule has 2 aromatic rings. The Morgan fingerprint density at radius 2 is 2.11 bits per heavy atom. The highest BCUT2D eigenvalue weighted by molar-refractivity contribution is 5.83. The highest BCUT2D eigenvalue weighted by Crippen LogP contribution is 2.28. The van der Waals surface area contributed by atoms with Gasteiger partial charge in [-0.2, -0.15) is 13.2 Å². The number of hydrogen-bond donors (Lipinski definition) is 1. The molecule has 0 unspecified atom stereocenters. The molecule has 0 bridgehead atoms. The third kappa shape index (κ3) is 2.95. The molecule has 18 heavy (non-hydrogen) atoms. The number of methoxy groups -OCH3 is 1. The van der Waals surface area contributed by atoms with E-state index in [4.69, 9.17) is 9.15 Å². The minimum atomic E-state index is -4.22. The zero-order valence-electron chi connectivity index (χ0n) is 9.67. The molecular formula is C12H12F3NO2. The lowest BCUT2D eigenvalue weighted by Gasteiger charge is -2.06. The van der Waals surface area contributed by atoms with Crippen LogP contribution in [0.15, 0.2) is 28.7 Å². The van der Waals surface area contributed by atoms with Crippen molar-refractivity contribution in [2.75, 3.05) is 13.7 Å². The third-order valence-corrected chi connectivity index (χ3v) is 2.40. The van der Waals surface area contributed by atoms with E-state index in [9.17, 15) is 13.2 Å². The average Bonchev–Trinajstić information content (AvgIpc) is 2.69. The topological polar surface area (TPSA) is 34.4 Å². The number of alkyl halides is 3. The first-order valence-corrected chi connectivity index (χ1v) is 5.32. The smallest absolute Gasteiger partial charge is 0.401 e. The van der Waals surface area contributed by atoms with Gasteiger partial charge in [0.15, 0.2) is 11.3 Å². The van der Waals surface area contributed by atoms with Crippen LogP contribution >= 0.6 is 0 Å². The maximum absolute atomic E-state index is 12.0. The summed E-state index contributed by atoms with van der Waals surface area (Å²) < 4.78 is 46.5. The molecule has 0 aliphatic carbocycles. The minimum Gasteiger partial charge on any atom is -0.493 e. The summed E-state index contributed by atoms with van der Waals surface area (Å²) in [6.45, 7) is -1.02. The van der Waals surface area contributed by atoms with Gasteiger partial charge in [0.2, 0.25) is 0 Å². The van der Waals surface area contributed by atoms with E-state index in [1.54, 1.807) is 18.2 Å². The standard InChI is InChI=1S/C12H12F3NO2/c1-17-10-4-2-3-8-5-9(18-11(8)10)6-16-7-12(13,14)15/h2-5,16H,6-7H2,1H3. The number of ether oxygens (including phenoxy) is 1. The molecule has 6 heteroatoms. The van der Waals surface area contributed by atoms with E-state index in [0.717, 1.165) is 5.39 Å². The van der Waals surface area contributed by atoms with Gasteiger partial charge in [-0.05, 0) is 12.1 Å². The predicted octanol–water partition coefficient (Wildman–Crippen LogP) is 3.09. The summed E-state index contributed by atoms with van der Waals surface area (Å²) in [6.07, 6.45) is -4.22. The second kappa shape index (κ2) is 4.89. The van der Waals surface area contributed by atoms with Crippen LogP contribution in [-0.2, 0) is 6.54 Å². The average molecular weight is 259 g/mol. The number of fused-ring (bicyclic) bond motifs is 1. The molecule has 0 atom stereocenters. The second-order valence-corrected chi connectivity index (χ2v) is 3.81. The summed E-state index contributed by atoms with van der Waals surface area (Å²) in [5.41, 5.74) is 0.545. The predicted molar refractivity (Wildman–Crippen MR) is 60.5 cm³/mol. The van der Waals surface area contributed by atoms with E-state index in [1.165, 1.54) is 7.11 Å². The Balaban J connectivity index is 2.11. The summed E-state index contributed by atoms with van der Waals surface area (Å²) in [7, 11) is 1.51. The number of halogens is 3. The normalized spacial score (nSPS) is 12.0. The van der Waals surface area contributed by atoms with Crippen LogP contribution in [0.25, 0.3) is 11.0 Å². The quantitative estimate of drug-likeness (QED) is 0.916. The summed E-state index contributed by atoms with van der Waals surface area (Å²) in [4.78, 5) is 0. The van der Waals surface area contributed by atoms with Crippen molar-refractivity contribution in [1.82, 2.24) is 5.32 Å². The number of hydrogen-bond acceptors (Lipinski definition) is 3. The van der Waals surface area contributed by atoms with Gasteiger partial charge in [-0.3, -0.25) is 0 Å². The van der Waals surface area contributed by atoms with Crippen molar-refractivity contribution in [2.45, 2.75) is 12.7 Å². The molecule has 3 nitrogen and oxygen atoms in total. The molecule has 0 saturated carbocycles. The first kappa shape index (κ1) is 12.8. The lowest BCUT2D eigenvalue weighted by atomic mass is 10.2. The second-order valence-electron chi connectivity index (χ2n) is 3.81. The minimum absolute atomic E-state index is 0.0251. The van der Waals surface area contributed by atoms with Crippen LogP contribution in [0.3, 0.4) is 0 Å². The fourth-order valence-corrected chi connectivity index (χ4v) is 1.66. The molecule has 98 valence electrons. The Morgan fingerprint density at radius 3 is 2.78 bits per heavy atom. The van der Waals surface area contributed by atoms with Crippen molar-refractivity contribution in [2.24, 2.45) is 0 Å². The van der Waals surface area contributed by atoms with Gasteiger partial charge in [-0.25, -0.2) is 0 Å². The zero-order valence-corrected chi connectivity index (χ0v) is 9.67. The van der Waals surface area contributed by atoms with Crippen LogP contribution in [0.1, 0.15) is 5.76 Å². The van der Waals surface area contributed by atoms with Gasteiger partial charge in [0.25, 0.3) is 0 Å². The molecule has 0 fully saturated rings. The molecule has 0 saturated heterocycles. The summed E-state index contributed by atoms with van der Waals surface area (Å²) in [5.74, 6) is 1.01. The first-order chi connectivity index (χ1) is 8.49. The Kier molecular flexibility index (Phi) is 3.47. The number of rotatable bonds is 4. The molecule has 0 radical (unpaired) electrons. The van der Waals surface area contributed by atoms with Gasteiger partial charge >= 0.3 is 6.18 Å². The number of furan rings is 1. The maximum atomic E-state index is 12.0. The van der Waals surface area contributed by atoms with E-state index in [-0.39, 0.29) is 6.54 Å². The van der Waals surface area contributed by atoms with E-state index < -0.39 is 12.7 Å². The lowest BCUT2D eigenvalue weighted by molar-refractivity contribution is -0.125. The van der Waals surface area contributed by atoms with E-state index >= 15 is 0 Å². The fourth-order valence-electron chi connectivity index (χ4n) is 1.66. The van der Waals surface area contributed by atoms with Crippen molar-refractivity contribution in [1.29, 1.82) is 0 Å². The molecule has 1 aromatic heterocycles. The molecule has 1 N–H and O–H groups in total. The van der Waals surface area contributed by atoms with Crippen LogP contribution in [-0.4, -0.2) is 19.8 Å². The Hall–Kier alpha value is -1.69. The highest BCUT2D eigenvalue weighted by Gasteiger charge is 2.26. The van der Waals surface area contributed by atoms with Crippen LogP contribution in [0, 0.1) is 0 Å². The van der Waals surface area contributed by atoms with E-state index in [1.807, 2.05) is 6.07 Å². The number of benzene rings is 1. The monoisotopic (exact) mass is 259 g/mol. The van der Waals surface area contributed by atoms with Crippen LogP contribution in [0.4, 0.5) is 13.2 Å². The summed E-state index contributed by atoms with van der Waals surface area (Å²) >= 11 is 0. The van der Waals surface area contributed by atoms with Crippen LogP contribution < -0.4 is 10.1 Å². The van der Waals surface area contributed by atoms with Crippen molar-refractivity contribution in [3.63, 3.8) is 0 Å². The molecule has 1 aromatic carbocycles. The number of para-hydroxylation sites is 1. The zero-order chi connectivity index (χ0) is 13.2. The third-order valence-electron chi connectivity index (χ3n) is 2.40. The molecule has 0 amide bonds. The van der Waals surface area contributed by atoms with Crippen LogP contribution in [0.5, 0.6) is 5.75 Å². The molecule has 0 aliphatic heterocycles. The van der Waals surface area contributed by atoms with E-state index in [0.29, 0.717) is 17.1 Å². The first-order valence-electron chi connectivity index (χ1n) is 5.32. The molecular weight excluding hydrogens is 247 g/mol. The van der Waals surface area contributed by atoms with Gasteiger partial charge in [-0.1, -0.05) is 12.1 Å². The van der Waals surface area contributed by atoms with Gasteiger partial charge < -0.3 is 14.5 Å². The molecule has 2 rings (SSSR count). The van der Waals surface area contributed by atoms with Gasteiger partial charge in [0, 0.05) is 5.39 Å². The van der Waals surface area contributed by atoms with Crippen molar-refractivity contribution in [3.8, 4) is 5.75 Å². The van der Waals surface area contributed by atoms with Gasteiger partial charge in [0.1, 0.15) is 5.76 Å². The largest absolute Gasteiger partial charge is 0.493 e. The molecule has 1 heterocycles. The Morgan fingerprint density at radius 1 is 1.33 bits per heavy atom. The maximum Gasteiger partial charge on any atom is 0.401 e. The fraction of sp³-hybridized carbons (Fsp3) is 0.333.